The summed E-state index contributed by atoms with van der Waals surface area (Å²) in [6, 6.07) is 68.9. The smallest absolute Gasteiger partial charge is 0.0462 e. The number of benzene rings is 8. The fraction of sp³-hybridized carbons (Fsp3) is 0.0588. The van der Waals surface area contributed by atoms with Gasteiger partial charge in [-0.2, -0.15) is 0 Å². The van der Waals surface area contributed by atoms with Gasteiger partial charge in [-0.05, 0) is 104 Å². The summed E-state index contributed by atoms with van der Waals surface area (Å²) in [5, 5.41) is 2.65. The topological polar surface area (TPSA) is 3.24 Å². The molecule has 0 atom stereocenters. The maximum atomic E-state index is 2.38. The Labute approximate surface area is 315 Å². The van der Waals surface area contributed by atoms with E-state index in [2.05, 4.69) is 207 Å². The molecule has 0 fully saturated rings. The van der Waals surface area contributed by atoms with Crippen molar-refractivity contribution in [3.05, 3.63) is 199 Å². The van der Waals surface area contributed by atoms with Gasteiger partial charge in [-0.25, -0.2) is 0 Å². The number of hydrogen-bond acceptors (Lipinski definition) is 2. The van der Waals surface area contributed by atoms with E-state index in [4.69, 9.17) is 0 Å². The third-order valence-corrected chi connectivity index (χ3v) is 12.3. The quantitative estimate of drug-likeness (QED) is 0.167. The van der Waals surface area contributed by atoms with Crippen LogP contribution in [0.5, 0.6) is 0 Å². The predicted molar refractivity (Wildman–Crippen MR) is 228 cm³/mol. The summed E-state index contributed by atoms with van der Waals surface area (Å²) in [4.78, 5) is 2.36. The molecule has 252 valence electrons. The average Bonchev–Trinajstić information content (AvgIpc) is 3.71. The molecule has 8 aromatic carbocycles. The fourth-order valence-corrected chi connectivity index (χ4v) is 9.59. The molecule has 0 saturated heterocycles. The summed E-state index contributed by atoms with van der Waals surface area (Å²) < 4.78 is 2.66. The van der Waals surface area contributed by atoms with Crippen LogP contribution in [0.3, 0.4) is 0 Å². The van der Waals surface area contributed by atoms with Gasteiger partial charge in [-0.15, -0.1) is 11.3 Å². The Hall–Kier alpha value is -6.22. The van der Waals surface area contributed by atoms with Crippen molar-refractivity contribution in [3.63, 3.8) is 0 Å². The van der Waals surface area contributed by atoms with Crippen molar-refractivity contribution in [3.8, 4) is 44.5 Å². The first kappa shape index (κ1) is 31.5. The molecular weight excluding hydrogens is 659 g/mol. The third-order valence-electron chi connectivity index (χ3n) is 11.1. The molecule has 10 rings (SSSR count). The zero-order chi connectivity index (χ0) is 35.5. The van der Waals surface area contributed by atoms with E-state index >= 15 is 0 Å². The lowest BCUT2D eigenvalue weighted by Gasteiger charge is -2.26. The number of fused-ring (bicyclic) bond motifs is 6. The van der Waals surface area contributed by atoms with Crippen LogP contribution < -0.4 is 4.90 Å². The summed E-state index contributed by atoms with van der Waals surface area (Å²) in [5.74, 6) is 0. The Morgan fingerprint density at radius 2 is 0.887 bits per heavy atom. The standard InChI is InChI=1S/C51H37NS/c1-51(2)47-17-8-6-13-43(47)46-33-38(25-32-48(46)51)36-21-28-40(29-22-36)52(39-26-19-35(20-27-39)34-11-4-3-5-12-34)41-30-23-37(24-31-41)42-15-10-16-45-44-14-7-9-18-49(44)53-50(42)45/h3-33H,1-2H3. The van der Waals surface area contributed by atoms with E-state index in [0.29, 0.717) is 0 Å². The number of thiophene rings is 1. The maximum Gasteiger partial charge on any atom is 0.0462 e. The highest BCUT2D eigenvalue weighted by atomic mass is 32.1. The van der Waals surface area contributed by atoms with Crippen molar-refractivity contribution in [2.45, 2.75) is 19.3 Å². The second-order valence-electron chi connectivity index (χ2n) is 14.6. The third kappa shape index (κ3) is 5.29. The minimum atomic E-state index is 0.00478. The maximum absolute atomic E-state index is 2.38. The highest BCUT2D eigenvalue weighted by Gasteiger charge is 2.35. The lowest BCUT2D eigenvalue weighted by Crippen LogP contribution is -2.14. The van der Waals surface area contributed by atoms with Crippen LogP contribution in [0.2, 0.25) is 0 Å². The van der Waals surface area contributed by atoms with Gasteiger partial charge in [0.05, 0.1) is 0 Å². The van der Waals surface area contributed by atoms with Gasteiger partial charge in [0.1, 0.15) is 0 Å². The molecule has 0 bridgehead atoms. The Morgan fingerprint density at radius 1 is 0.377 bits per heavy atom. The van der Waals surface area contributed by atoms with Gasteiger partial charge in [0.2, 0.25) is 0 Å². The molecule has 0 N–H and O–H groups in total. The normalized spacial score (nSPS) is 12.9. The molecule has 0 spiro atoms. The second kappa shape index (κ2) is 12.5. The molecule has 1 aliphatic rings. The molecule has 1 aromatic heterocycles. The highest BCUT2D eigenvalue weighted by molar-refractivity contribution is 7.26. The van der Waals surface area contributed by atoms with Gasteiger partial charge >= 0.3 is 0 Å². The van der Waals surface area contributed by atoms with Crippen LogP contribution in [0.15, 0.2) is 188 Å². The first-order valence-electron chi connectivity index (χ1n) is 18.3. The van der Waals surface area contributed by atoms with Gasteiger partial charge in [0, 0.05) is 42.6 Å². The number of hydrogen-bond donors (Lipinski definition) is 0. The zero-order valence-corrected chi connectivity index (χ0v) is 30.6. The van der Waals surface area contributed by atoms with Gasteiger partial charge in [-0.3, -0.25) is 0 Å². The summed E-state index contributed by atoms with van der Waals surface area (Å²) in [6.07, 6.45) is 0. The molecule has 1 nitrogen and oxygen atoms in total. The molecular formula is C51H37NS. The van der Waals surface area contributed by atoms with Crippen LogP contribution >= 0.6 is 11.3 Å². The molecule has 0 radical (unpaired) electrons. The lowest BCUT2D eigenvalue weighted by atomic mass is 9.82. The van der Waals surface area contributed by atoms with Gasteiger partial charge in [-0.1, -0.05) is 153 Å². The SMILES string of the molecule is CC1(C)c2ccccc2-c2cc(-c3ccc(N(c4ccc(-c5ccccc5)cc4)c4ccc(-c5cccc6c5sc5ccccc56)cc4)cc3)ccc21. The zero-order valence-electron chi connectivity index (χ0n) is 29.8. The molecule has 53 heavy (non-hydrogen) atoms. The monoisotopic (exact) mass is 695 g/mol. The van der Waals surface area contributed by atoms with Crippen LogP contribution in [-0.4, -0.2) is 0 Å². The van der Waals surface area contributed by atoms with Crippen molar-refractivity contribution >= 4 is 48.6 Å². The van der Waals surface area contributed by atoms with E-state index in [1.54, 1.807) is 0 Å². The van der Waals surface area contributed by atoms with Crippen LogP contribution in [0.1, 0.15) is 25.0 Å². The van der Waals surface area contributed by atoms with Crippen LogP contribution in [-0.2, 0) is 5.41 Å². The van der Waals surface area contributed by atoms with E-state index in [9.17, 15) is 0 Å². The fourth-order valence-electron chi connectivity index (χ4n) is 8.35. The van der Waals surface area contributed by atoms with E-state index in [0.717, 1.165) is 17.1 Å². The van der Waals surface area contributed by atoms with E-state index in [1.807, 2.05) is 11.3 Å². The molecule has 0 unspecified atom stereocenters. The molecule has 0 saturated carbocycles. The second-order valence-corrected chi connectivity index (χ2v) is 15.6. The van der Waals surface area contributed by atoms with Gasteiger partial charge < -0.3 is 4.90 Å². The molecule has 0 aliphatic heterocycles. The largest absolute Gasteiger partial charge is 0.311 e. The van der Waals surface area contributed by atoms with E-state index < -0.39 is 0 Å². The summed E-state index contributed by atoms with van der Waals surface area (Å²) >= 11 is 1.88. The highest BCUT2D eigenvalue weighted by Crippen LogP contribution is 2.50. The molecule has 2 heteroatoms. The van der Waals surface area contributed by atoms with Gasteiger partial charge in [0.25, 0.3) is 0 Å². The molecule has 1 heterocycles. The first-order chi connectivity index (χ1) is 26.0. The van der Waals surface area contributed by atoms with Crippen molar-refractivity contribution in [1.29, 1.82) is 0 Å². The average molecular weight is 696 g/mol. The Balaban J connectivity index is 1.03. The predicted octanol–water partition coefficient (Wildman–Crippen LogP) is 14.8. The number of rotatable bonds is 6. The number of nitrogens with zero attached hydrogens (tertiary/aromatic N) is 1. The Morgan fingerprint density at radius 3 is 1.60 bits per heavy atom. The van der Waals surface area contributed by atoms with Crippen LogP contribution in [0.25, 0.3) is 64.7 Å². The summed E-state index contributed by atoms with van der Waals surface area (Å²) in [5.41, 5.74) is 16.2. The Kier molecular flexibility index (Phi) is 7.42. The number of anilines is 3. The Bertz CT molecular complexity index is 2770. The summed E-state index contributed by atoms with van der Waals surface area (Å²) in [6.45, 7) is 4.67. The minimum absolute atomic E-state index is 0.00478. The molecule has 9 aromatic rings. The summed E-state index contributed by atoms with van der Waals surface area (Å²) in [7, 11) is 0. The lowest BCUT2D eigenvalue weighted by molar-refractivity contribution is 0.660. The van der Waals surface area contributed by atoms with Crippen molar-refractivity contribution in [1.82, 2.24) is 0 Å². The van der Waals surface area contributed by atoms with Gasteiger partial charge in [0.15, 0.2) is 0 Å². The first-order valence-corrected chi connectivity index (χ1v) is 19.2. The van der Waals surface area contributed by atoms with Crippen molar-refractivity contribution in [2.75, 3.05) is 4.90 Å². The van der Waals surface area contributed by atoms with E-state index in [1.165, 1.54) is 75.8 Å². The van der Waals surface area contributed by atoms with Crippen molar-refractivity contribution < 1.29 is 0 Å². The van der Waals surface area contributed by atoms with Crippen LogP contribution in [0, 0.1) is 0 Å². The minimum Gasteiger partial charge on any atom is -0.311 e. The van der Waals surface area contributed by atoms with Crippen LogP contribution in [0.4, 0.5) is 17.1 Å². The van der Waals surface area contributed by atoms with Crippen molar-refractivity contribution in [2.24, 2.45) is 0 Å². The van der Waals surface area contributed by atoms with E-state index in [-0.39, 0.29) is 5.41 Å². The molecule has 0 amide bonds. The molecule has 1 aliphatic carbocycles.